The second-order valence-electron chi connectivity index (χ2n) is 6.51. The summed E-state index contributed by atoms with van der Waals surface area (Å²) in [6.45, 7) is 1.60. The first kappa shape index (κ1) is 19.4. The van der Waals surface area contributed by atoms with E-state index in [-0.39, 0.29) is 11.1 Å². The Morgan fingerprint density at radius 3 is 2.43 bits per heavy atom. The largest absolute Gasteiger partial charge is 0.494 e. The molecule has 0 aliphatic carbocycles. The van der Waals surface area contributed by atoms with Crippen molar-refractivity contribution in [3.8, 4) is 11.6 Å². The second-order valence-corrected chi connectivity index (χ2v) is 6.94. The average Bonchev–Trinajstić information content (AvgIpc) is 2.99. The number of aromatic hydroxyl groups is 1. The topological polar surface area (TPSA) is 108 Å². The molecule has 0 spiro atoms. The minimum atomic E-state index is -0.820. The van der Waals surface area contributed by atoms with E-state index in [9.17, 15) is 19.5 Å². The fourth-order valence-corrected chi connectivity index (χ4v) is 3.28. The number of nitrogens with one attached hydrogen (secondary N) is 1. The highest BCUT2D eigenvalue weighted by Gasteiger charge is 2.30. The highest BCUT2D eigenvalue weighted by atomic mass is 35.5. The van der Waals surface area contributed by atoms with Crippen LogP contribution in [-0.2, 0) is 4.79 Å². The predicted molar refractivity (Wildman–Crippen MR) is 114 cm³/mol. The number of anilines is 1. The van der Waals surface area contributed by atoms with Crippen LogP contribution in [0.4, 0.5) is 5.69 Å². The number of aromatic amines is 1. The molecular formula is C21H15ClN4O4. The first-order valence-electron chi connectivity index (χ1n) is 8.88. The molecule has 0 saturated carbocycles. The lowest BCUT2D eigenvalue weighted by Gasteiger charge is -2.12. The van der Waals surface area contributed by atoms with E-state index >= 15 is 0 Å². The van der Waals surface area contributed by atoms with Crippen molar-refractivity contribution in [2.24, 2.45) is 5.10 Å². The van der Waals surface area contributed by atoms with Crippen molar-refractivity contribution < 1.29 is 9.90 Å². The van der Waals surface area contributed by atoms with Gasteiger partial charge in [-0.25, -0.2) is 9.36 Å². The molecule has 0 atom stereocenters. The summed E-state index contributed by atoms with van der Waals surface area (Å²) in [5.41, 5.74) is -0.578. The van der Waals surface area contributed by atoms with Crippen molar-refractivity contribution in [1.82, 2.24) is 9.55 Å². The van der Waals surface area contributed by atoms with Gasteiger partial charge < -0.3 is 5.11 Å². The van der Waals surface area contributed by atoms with Gasteiger partial charge in [-0.15, -0.1) is 0 Å². The maximum atomic E-state index is 12.9. The summed E-state index contributed by atoms with van der Waals surface area (Å²) in [4.78, 5) is 39.7. The standard InChI is InChI=1S/C21H15ClN4O4/c1-12-16(20(29)26(24-12)15-9-5-6-13(22)10-15)11-17-18(27)23-21(30)25(19(17)28)14-7-3-2-4-8-14/h2-11,28H,1H3,(H,23,27,30)/b16-11-. The fraction of sp³-hybridized carbons (Fsp3) is 0.0476. The molecule has 8 nitrogen and oxygen atoms in total. The molecule has 2 heterocycles. The predicted octanol–water partition coefficient (Wildman–Crippen LogP) is 2.69. The summed E-state index contributed by atoms with van der Waals surface area (Å²) >= 11 is 5.99. The van der Waals surface area contributed by atoms with Gasteiger partial charge in [0.15, 0.2) is 0 Å². The number of aromatic nitrogens is 2. The van der Waals surface area contributed by atoms with Gasteiger partial charge in [0, 0.05) is 5.02 Å². The Morgan fingerprint density at radius 2 is 1.73 bits per heavy atom. The third kappa shape index (κ3) is 3.33. The van der Waals surface area contributed by atoms with Crippen LogP contribution in [0.5, 0.6) is 5.88 Å². The van der Waals surface area contributed by atoms with Gasteiger partial charge in [-0.2, -0.15) is 10.1 Å². The number of amides is 1. The number of halogens is 1. The summed E-state index contributed by atoms with van der Waals surface area (Å²) in [5, 5.41) is 16.5. The number of hydrogen-bond donors (Lipinski definition) is 2. The van der Waals surface area contributed by atoms with E-state index in [1.54, 1.807) is 61.5 Å². The van der Waals surface area contributed by atoms with Gasteiger partial charge in [-0.05, 0) is 43.3 Å². The quantitative estimate of drug-likeness (QED) is 0.632. The summed E-state index contributed by atoms with van der Waals surface area (Å²) in [7, 11) is 0. The van der Waals surface area contributed by atoms with Crippen LogP contribution in [0.15, 0.2) is 74.9 Å². The van der Waals surface area contributed by atoms with Crippen LogP contribution in [0.2, 0.25) is 5.02 Å². The van der Waals surface area contributed by atoms with Crippen molar-refractivity contribution in [3.63, 3.8) is 0 Å². The van der Waals surface area contributed by atoms with E-state index in [1.807, 2.05) is 0 Å². The lowest BCUT2D eigenvalue weighted by molar-refractivity contribution is -0.114. The molecule has 1 amide bonds. The Morgan fingerprint density at radius 1 is 1.03 bits per heavy atom. The minimum Gasteiger partial charge on any atom is -0.494 e. The molecule has 2 aromatic carbocycles. The van der Waals surface area contributed by atoms with Gasteiger partial charge in [0.1, 0.15) is 5.56 Å². The van der Waals surface area contributed by atoms with Gasteiger partial charge >= 0.3 is 5.69 Å². The second kappa shape index (κ2) is 7.49. The Balaban J connectivity index is 1.83. The normalized spacial score (nSPS) is 15.0. The number of nitrogens with zero attached hydrogens (tertiary/aromatic N) is 3. The Hall–Kier alpha value is -3.91. The molecule has 1 aromatic heterocycles. The molecule has 30 heavy (non-hydrogen) atoms. The summed E-state index contributed by atoms with van der Waals surface area (Å²) in [5.74, 6) is -1.07. The van der Waals surface area contributed by atoms with Crippen molar-refractivity contribution in [3.05, 3.63) is 91.6 Å². The van der Waals surface area contributed by atoms with Gasteiger partial charge in [0.05, 0.1) is 22.7 Å². The van der Waals surface area contributed by atoms with Crippen LogP contribution in [0, 0.1) is 0 Å². The Labute approximate surface area is 175 Å². The molecule has 150 valence electrons. The molecule has 1 aliphatic heterocycles. The highest BCUT2D eigenvalue weighted by Crippen LogP contribution is 2.28. The first-order chi connectivity index (χ1) is 14.4. The molecule has 1 aliphatic rings. The van der Waals surface area contributed by atoms with Gasteiger partial charge in [0.2, 0.25) is 5.88 Å². The summed E-state index contributed by atoms with van der Waals surface area (Å²) in [6.07, 6.45) is 1.22. The number of carbonyl (C=O) groups is 1. The van der Waals surface area contributed by atoms with Crippen LogP contribution in [-0.4, -0.2) is 26.3 Å². The number of hydrazone groups is 1. The summed E-state index contributed by atoms with van der Waals surface area (Å²) in [6, 6.07) is 14.9. The lowest BCUT2D eigenvalue weighted by atomic mass is 10.1. The van der Waals surface area contributed by atoms with Crippen LogP contribution >= 0.6 is 11.6 Å². The molecule has 0 radical (unpaired) electrons. The van der Waals surface area contributed by atoms with E-state index in [4.69, 9.17) is 11.6 Å². The van der Waals surface area contributed by atoms with Crippen molar-refractivity contribution >= 4 is 35.0 Å². The first-order valence-corrected chi connectivity index (χ1v) is 9.25. The number of para-hydroxylation sites is 1. The number of rotatable bonds is 3. The van der Waals surface area contributed by atoms with Crippen LogP contribution < -0.4 is 16.3 Å². The van der Waals surface area contributed by atoms with E-state index in [0.29, 0.717) is 22.1 Å². The van der Waals surface area contributed by atoms with E-state index in [1.165, 1.54) is 6.08 Å². The monoisotopic (exact) mass is 422 g/mol. The SMILES string of the molecule is CC1=NN(c2cccc(Cl)c2)C(=O)/C1=C\c1c(O)n(-c2ccccc2)c(=O)[nH]c1=O. The third-order valence-electron chi connectivity index (χ3n) is 4.54. The number of H-pyrrole nitrogens is 1. The molecule has 0 fully saturated rings. The summed E-state index contributed by atoms with van der Waals surface area (Å²) < 4.78 is 0.953. The smallest absolute Gasteiger partial charge is 0.335 e. The fourth-order valence-electron chi connectivity index (χ4n) is 3.10. The molecular weight excluding hydrogens is 408 g/mol. The maximum Gasteiger partial charge on any atom is 0.335 e. The van der Waals surface area contributed by atoms with Crippen LogP contribution in [0.3, 0.4) is 0 Å². The molecule has 0 unspecified atom stereocenters. The van der Waals surface area contributed by atoms with Crippen molar-refractivity contribution in [2.45, 2.75) is 6.92 Å². The lowest BCUT2D eigenvalue weighted by Crippen LogP contribution is -2.30. The van der Waals surface area contributed by atoms with E-state index < -0.39 is 23.0 Å². The van der Waals surface area contributed by atoms with Crippen LogP contribution in [0.25, 0.3) is 11.8 Å². The number of benzene rings is 2. The zero-order valence-corrected chi connectivity index (χ0v) is 16.4. The minimum absolute atomic E-state index is 0.106. The Bertz CT molecular complexity index is 1340. The average molecular weight is 423 g/mol. The molecule has 2 N–H and O–H groups in total. The van der Waals surface area contributed by atoms with Crippen LogP contribution in [0.1, 0.15) is 12.5 Å². The molecule has 0 bridgehead atoms. The third-order valence-corrected chi connectivity index (χ3v) is 4.77. The number of hydrogen-bond acceptors (Lipinski definition) is 5. The molecule has 0 saturated heterocycles. The zero-order chi connectivity index (χ0) is 21.4. The molecule has 9 heteroatoms. The van der Waals surface area contributed by atoms with Crippen molar-refractivity contribution in [1.29, 1.82) is 0 Å². The molecule has 3 aromatic rings. The van der Waals surface area contributed by atoms with Gasteiger partial charge in [0.25, 0.3) is 11.5 Å². The molecule has 4 rings (SSSR count). The highest BCUT2D eigenvalue weighted by molar-refractivity contribution is 6.33. The van der Waals surface area contributed by atoms with Crippen molar-refractivity contribution in [2.75, 3.05) is 5.01 Å². The van der Waals surface area contributed by atoms with Gasteiger partial charge in [-0.1, -0.05) is 35.9 Å². The van der Waals surface area contributed by atoms with E-state index in [2.05, 4.69) is 10.1 Å². The maximum absolute atomic E-state index is 12.9. The number of carbonyl (C=O) groups excluding carboxylic acids is 1. The Kier molecular flexibility index (Phi) is 4.85. The van der Waals surface area contributed by atoms with Gasteiger partial charge in [-0.3, -0.25) is 14.6 Å². The zero-order valence-electron chi connectivity index (χ0n) is 15.7. The van der Waals surface area contributed by atoms with E-state index in [0.717, 1.165) is 9.58 Å².